The predicted octanol–water partition coefficient (Wildman–Crippen LogP) is 4.18. The Hall–Kier alpha value is -3.24. The van der Waals surface area contributed by atoms with Crippen molar-refractivity contribution in [2.24, 2.45) is 0 Å². The number of nitrogens with zero attached hydrogens (tertiary/aromatic N) is 3. The summed E-state index contributed by atoms with van der Waals surface area (Å²) in [6.07, 6.45) is -3.26. The van der Waals surface area contributed by atoms with Gasteiger partial charge in [-0.25, -0.2) is 13.8 Å². The minimum atomic E-state index is -4.73. The van der Waals surface area contributed by atoms with E-state index in [2.05, 4.69) is 9.97 Å². The van der Waals surface area contributed by atoms with Gasteiger partial charge >= 0.3 is 6.18 Å². The maximum Gasteiger partial charge on any atom is 0.433 e. The first kappa shape index (κ1) is 22.0. The van der Waals surface area contributed by atoms with Crippen molar-refractivity contribution >= 4 is 16.7 Å². The third-order valence-corrected chi connectivity index (χ3v) is 5.51. The molecule has 0 saturated carbocycles. The summed E-state index contributed by atoms with van der Waals surface area (Å²) in [5.41, 5.74) is -1.10. The van der Waals surface area contributed by atoms with E-state index in [1.807, 2.05) is 0 Å². The smallest absolute Gasteiger partial charge is 0.433 e. The minimum absolute atomic E-state index is 0.0844. The molecule has 4 rings (SSSR count). The number of fused-ring (bicyclic) bond motifs is 1. The van der Waals surface area contributed by atoms with Gasteiger partial charge in [-0.3, -0.25) is 4.79 Å². The van der Waals surface area contributed by atoms with Crippen molar-refractivity contribution in [2.45, 2.75) is 38.3 Å². The number of hydrogen-bond acceptors (Lipinski definition) is 4. The molecule has 170 valence electrons. The quantitative estimate of drug-likeness (QED) is 0.358. The number of aryl methyl sites for hydroxylation is 1. The van der Waals surface area contributed by atoms with Crippen LogP contribution in [-0.4, -0.2) is 29.0 Å². The van der Waals surface area contributed by atoms with E-state index in [0.29, 0.717) is 10.2 Å². The maximum absolute atomic E-state index is 13.9. The lowest BCUT2D eigenvalue weighted by molar-refractivity contribution is -0.603. The van der Waals surface area contributed by atoms with Gasteiger partial charge < -0.3 is 15.1 Å². The number of aromatic nitrogens is 3. The van der Waals surface area contributed by atoms with E-state index in [1.54, 1.807) is 0 Å². The largest absolute Gasteiger partial charge is 0.619 e. The number of halogens is 5. The molecule has 0 radical (unpaired) electrons. The molecule has 32 heavy (non-hydrogen) atoms. The molecule has 0 unspecified atom stereocenters. The van der Waals surface area contributed by atoms with E-state index in [0.717, 1.165) is 6.20 Å². The molecule has 1 N–H and O–H groups in total. The monoisotopic (exact) mass is 454 g/mol. The molecule has 1 saturated heterocycles. The van der Waals surface area contributed by atoms with E-state index in [1.165, 1.54) is 36.2 Å². The maximum atomic E-state index is 13.9. The molecular weight excluding hydrogens is 435 g/mol. The van der Waals surface area contributed by atoms with Crippen molar-refractivity contribution < 1.29 is 26.7 Å². The van der Waals surface area contributed by atoms with Crippen LogP contribution < -0.4 is 15.1 Å². The molecule has 3 aromatic heterocycles. The number of anilines is 1. The molecule has 1 aliphatic rings. The summed E-state index contributed by atoms with van der Waals surface area (Å²) in [5, 5.41) is 11.6. The molecular formula is C21H19F5N4O2. The standard InChI is InChI=1S/C21H19F5N4O2/c1-12-9-13(16-10-17(31)14-11-30(32)7-3-15(14)27-16)19(28-18(12)21(24,25)26)29-6-2-4-20(22,23)5-8-29/h3,7,9-11H,2,4-6,8H2,1H3,(H,27,31). The summed E-state index contributed by atoms with van der Waals surface area (Å²) in [6.45, 7) is 1.17. The molecule has 0 spiro atoms. The Labute approximate surface area is 178 Å². The Morgan fingerprint density at radius 2 is 1.97 bits per heavy atom. The van der Waals surface area contributed by atoms with Crippen LogP contribution in [0.2, 0.25) is 0 Å². The van der Waals surface area contributed by atoms with Gasteiger partial charge in [-0.15, -0.1) is 0 Å². The SMILES string of the molecule is Cc1cc(-c2cc(=O)c3c[n+]([O-])ccc3[nH]2)c(N2CCCC(F)(F)CC2)nc1C(F)(F)F. The van der Waals surface area contributed by atoms with Gasteiger partial charge in [-0.1, -0.05) is 0 Å². The van der Waals surface area contributed by atoms with Crippen LogP contribution in [0.4, 0.5) is 27.8 Å². The van der Waals surface area contributed by atoms with E-state index in [4.69, 9.17) is 0 Å². The number of hydrogen-bond donors (Lipinski definition) is 1. The zero-order valence-corrected chi connectivity index (χ0v) is 17.0. The molecule has 0 aromatic carbocycles. The predicted molar refractivity (Wildman–Crippen MR) is 108 cm³/mol. The van der Waals surface area contributed by atoms with Crippen LogP contribution in [0.15, 0.2) is 35.4 Å². The molecule has 0 aliphatic carbocycles. The Kier molecular flexibility index (Phi) is 5.30. The van der Waals surface area contributed by atoms with E-state index >= 15 is 0 Å². The van der Waals surface area contributed by atoms with Crippen LogP contribution in [-0.2, 0) is 6.18 Å². The highest BCUT2D eigenvalue weighted by Gasteiger charge is 2.37. The van der Waals surface area contributed by atoms with Crippen molar-refractivity contribution in [3.05, 3.63) is 57.3 Å². The average molecular weight is 454 g/mol. The van der Waals surface area contributed by atoms with Crippen LogP contribution in [0.3, 0.4) is 0 Å². The normalized spacial score (nSPS) is 16.9. The van der Waals surface area contributed by atoms with E-state index < -0.39 is 29.6 Å². The Bertz CT molecular complexity index is 1240. The zero-order valence-electron chi connectivity index (χ0n) is 17.0. The molecule has 0 bridgehead atoms. The van der Waals surface area contributed by atoms with Gasteiger partial charge in [0.25, 0.3) is 0 Å². The Morgan fingerprint density at radius 3 is 2.69 bits per heavy atom. The number of aromatic amines is 1. The molecule has 6 nitrogen and oxygen atoms in total. The van der Waals surface area contributed by atoms with Crippen molar-refractivity contribution in [3.8, 4) is 11.3 Å². The highest BCUT2D eigenvalue weighted by atomic mass is 19.4. The van der Waals surface area contributed by atoms with Crippen LogP contribution in [0.25, 0.3) is 22.2 Å². The first-order valence-corrected chi connectivity index (χ1v) is 9.92. The van der Waals surface area contributed by atoms with Crippen LogP contribution in [0, 0.1) is 12.1 Å². The van der Waals surface area contributed by atoms with Crippen LogP contribution >= 0.6 is 0 Å². The van der Waals surface area contributed by atoms with Gasteiger partial charge in [0.15, 0.2) is 17.8 Å². The number of H-pyrrole nitrogens is 1. The second kappa shape index (κ2) is 7.72. The minimum Gasteiger partial charge on any atom is -0.619 e. The molecule has 4 heterocycles. The molecule has 11 heteroatoms. The second-order valence-electron chi connectivity index (χ2n) is 7.90. The number of nitrogens with one attached hydrogen (secondary N) is 1. The molecule has 3 aromatic rings. The van der Waals surface area contributed by atoms with Crippen LogP contribution in [0.5, 0.6) is 0 Å². The third kappa shape index (κ3) is 4.23. The number of pyridine rings is 3. The number of alkyl halides is 5. The number of rotatable bonds is 2. The lowest BCUT2D eigenvalue weighted by atomic mass is 10.1. The summed E-state index contributed by atoms with van der Waals surface area (Å²) in [6, 6.07) is 3.80. The van der Waals surface area contributed by atoms with Crippen molar-refractivity contribution in [1.82, 2.24) is 9.97 Å². The van der Waals surface area contributed by atoms with Crippen molar-refractivity contribution in [2.75, 3.05) is 18.0 Å². The van der Waals surface area contributed by atoms with Gasteiger partial charge in [0.05, 0.1) is 11.2 Å². The molecule has 1 fully saturated rings. The Balaban J connectivity index is 1.91. The Morgan fingerprint density at radius 1 is 1.22 bits per heavy atom. The lowest BCUT2D eigenvalue weighted by Gasteiger charge is -2.26. The summed E-state index contributed by atoms with van der Waals surface area (Å²) >= 11 is 0. The summed E-state index contributed by atoms with van der Waals surface area (Å²) in [7, 11) is 0. The topological polar surface area (TPSA) is 75.9 Å². The first-order valence-electron chi connectivity index (χ1n) is 9.92. The molecule has 0 amide bonds. The fourth-order valence-electron chi connectivity index (χ4n) is 3.92. The second-order valence-corrected chi connectivity index (χ2v) is 7.90. The molecule has 1 aliphatic heterocycles. The summed E-state index contributed by atoms with van der Waals surface area (Å²) < 4.78 is 68.9. The summed E-state index contributed by atoms with van der Waals surface area (Å²) in [5.74, 6) is -3.03. The van der Waals surface area contributed by atoms with Crippen LogP contribution in [0.1, 0.15) is 30.5 Å². The highest BCUT2D eigenvalue weighted by Crippen LogP contribution is 2.38. The first-order chi connectivity index (χ1) is 14.9. The zero-order chi connectivity index (χ0) is 23.3. The van der Waals surface area contributed by atoms with Gasteiger partial charge in [-0.05, 0) is 25.0 Å². The fraction of sp³-hybridized carbons (Fsp3) is 0.381. The van der Waals surface area contributed by atoms with Gasteiger partial charge in [-0.2, -0.15) is 17.9 Å². The highest BCUT2D eigenvalue weighted by molar-refractivity contribution is 5.83. The lowest BCUT2D eigenvalue weighted by Crippen LogP contribution is -2.28. The van der Waals surface area contributed by atoms with Gasteiger partial charge in [0.1, 0.15) is 16.9 Å². The van der Waals surface area contributed by atoms with Gasteiger partial charge in [0, 0.05) is 43.6 Å². The van der Waals surface area contributed by atoms with E-state index in [9.17, 15) is 32.0 Å². The average Bonchev–Trinajstić information content (AvgIpc) is 2.87. The van der Waals surface area contributed by atoms with Crippen molar-refractivity contribution in [1.29, 1.82) is 0 Å². The van der Waals surface area contributed by atoms with Gasteiger partial charge in [0.2, 0.25) is 5.92 Å². The van der Waals surface area contributed by atoms with E-state index in [-0.39, 0.29) is 54.0 Å². The summed E-state index contributed by atoms with van der Waals surface area (Å²) in [4.78, 5) is 20.8. The fourth-order valence-corrected chi connectivity index (χ4v) is 3.92. The van der Waals surface area contributed by atoms with Crippen molar-refractivity contribution in [3.63, 3.8) is 0 Å². The molecule has 0 atom stereocenters. The third-order valence-electron chi connectivity index (χ3n) is 5.51.